The van der Waals surface area contributed by atoms with Crippen LogP contribution in [0.4, 0.5) is 5.95 Å². The van der Waals surface area contributed by atoms with Gasteiger partial charge >= 0.3 is 0 Å². The lowest BCUT2D eigenvalue weighted by molar-refractivity contribution is 0.154. The number of rotatable bonds is 6. The van der Waals surface area contributed by atoms with Gasteiger partial charge in [-0.25, -0.2) is 13.4 Å². The Kier molecular flexibility index (Phi) is 5.22. The minimum atomic E-state index is -3.51. The number of nitrogens with zero attached hydrogens (tertiary/aromatic N) is 3. The molecule has 7 nitrogen and oxygen atoms in total. The first-order valence-corrected chi connectivity index (χ1v) is 12.2. The molecule has 2 heterocycles. The zero-order valence-corrected chi connectivity index (χ0v) is 18.9. The first-order valence-electron chi connectivity index (χ1n) is 10.3. The lowest BCUT2D eigenvalue weighted by atomic mass is 10.1. The number of hydrogen-bond acceptors (Lipinski definition) is 5. The van der Waals surface area contributed by atoms with Crippen molar-refractivity contribution in [1.29, 1.82) is 0 Å². The largest absolute Gasteiger partial charge is 0.468 e. The van der Waals surface area contributed by atoms with E-state index in [0.717, 1.165) is 53.5 Å². The molecule has 2 unspecified atom stereocenters. The second kappa shape index (κ2) is 7.58. The summed E-state index contributed by atoms with van der Waals surface area (Å²) < 4.78 is 34.8. The second-order valence-corrected chi connectivity index (χ2v) is 9.95. The van der Waals surface area contributed by atoms with Crippen LogP contribution in [0.5, 0.6) is 5.88 Å². The van der Waals surface area contributed by atoms with Gasteiger partial charge in [-0.3, -0.25) is 4.72 Å². The Hall–Kier alpha value is -2.61. The van der Waals surface area contributed by atoms with Gasteiger partial charge in [0.1, 0.15) is 17.1 Å². The van der Waals surface area contributed by atoms with Crippen LogP contribution in [-0.2, 0) is 23.0 Å². The Morgan fingerprint density at radius 3 is 2.67 bits per heavy atom. The van der Waals surface area contributed by atoms with Crippen LogP contribution in [0.25, 0.3) is 11.0 Å². The van der Waals surface area contributed by atoms with Gasteiger partial charge in [0.2, 0.25) is 21.9 Å². The van der Waals surface area contributed by atoms with E-state index >= 15 is 0 Å². The summed E-state index contributed by atoms with van der Waals surface area (Å²) in [7, 11) is -3.51. The van der Waals surface area contributed by atoms with Crippen molar-refractivity contribution in [2.75, 3.05) is 11.0 Å². The van der Waals surface area contributed by atoms with Crippen molar-refractivity contribution >= 4 is 27.0 Å². The number of benzene rings is 1. The van der Waals surface area contributed by atoms with Crippen LogP contribution in [0.1, 0.15) is 48.8 Å². The third-order valence-electron chi connectivity index (χ3n) is 5.81. The smallest absolute Gasteiger partial charge is 0.244 e. The maximum atomic E-state index is 11.8. The maximum Gasteiger partial charge on any atom is 0.244 e. The Morgan fingerprint density at radius 1 is 1.23 bits per heavy atom. The van der Waals surface area contributed by atoms with Crippen LogP contribution in [-0.4, -0.2) is 29.2 Å². The highest BCUT2D eigenvalue weighted by molar-refractivity contribution is 7.91. The van der Waals surface area contributed by atoms with Crippen molar-refractivity contribution in [3.05, 3.63) is 46.6 Å². The molecule has 0 fully saturated rings. The molecule has 2 aromatic heterocycles. The zero-order valence-electron chi connectivity index (χ0n) is 18.1. The topological polar surface area (TPSA) is 86.1 Å². The van der Waals surface area contributed by atoms with Gasteiger partial charge in [0, 0.05) is 18.2 Å². The fraction of sp³-hybridized carbons (Fsp3) is 0.455. The van der Waals surface area contributed by atoms with Gasteiger partial charge in [-0.15, -0.1) is 0 Å². The molecular weight excluding hydrogens is 400 g/mol. The molecular formula is C22H28N4O3S. The SMILES string of the molecule is CCCn1c(C)c(C)c2nc(NS(C)(=O)=O)nc(OC3c4ccccc4CC3C)c21. The summed E-state index contributed by atoms with van der Waals surface area (Å²) in [5, 5.41) is 0. The Balaban J connectivity index is 1.89. The average Bonchev–Trinajstić information content (AvgIpc) is 3.10. The van der Waals surface area contributed by atoms with Gasteiger partial charge in [-0.2, -0.15) is 4.98 Å². The average molecular weight is 429 g/mol. The van der Waals surface area contributed by atoms with E-state index in [1.807, 2.05) is 26.0 Å². The quantitative estimate of drug-likeness (QED) is 0.638. The maximum absolute atomic E-state index is 11.8. The number of fused-ring (bicyclic) bond motifs is 2. The summed E-state index contributed by atoms with van der Waals surface area (Å²) in [6, 6.07) is 8.30. The normalized spacial score (nSPS) is 18.6. The van der Waals surface area contributed by atoms with E-state index < -0.39 is 10.0 Å². The zero-order chi connectivity index (χ0) is 21.6. The lowest BCUT2D eigenvalue weighted by Gasteiger charge is -2.20. The van der Waals surface area contributed by atoms with E-state index in [2.05, 4.69) is 45.2 Å². The molecule has 0 amide bonds. The Labute approximate surface area is 177 Å². The van der Waals surface area contributed by atoms with E-state index in [4.69, 9.17) is 4.74 Å². The van der Waals surface area contributed by atoms with E-state index in [1.54, 1.807) is 0 Å². The van der Waals surface area contributed by atoms with Gasteiger partial charge < -0.3 is 9.30 Å². The standard InChI is InChI=1S/C22H28N4O3S/c1-6-11-26-15(4)14(3)18-19(26)21(24-22(23-18)25-30(5,27)28)29-20-13(2)12-16-9-7-8-10-17(16)20/h7-10,13,20H,6,11-12H2,1-5H3,(H,23,24,25). The van der Waals surface area contributed by atoms with Gasteiger partial charge in [0.15, 0.2) is 0 Å². The number of ether oxygens (including phenoxy) is 1. The third kappa shape index (κ3) is 3.64. The van der Waals surface area contributed by atoms with Crippen LogP contribution in [0, 0.1) is 19.8 Å². The Morgan fingerprint density at radius 2 is 1.97 bits per heavy atom. The first kappa shape index (κ1) is 20.7. The van der Waals surface area contributed by atoms with Gasteiger partial charge in [-0.1, -0.05) is 38.1 Å². The minimum absolute atomic E-state index is 0.0377. The summed E-state index contributed by atoms with van der Waals surface area (Å²) in [4.78, 5) is 9.03. The number of aryl methyl sites for hydroxylation is 2. The summed E-state index contributed by atoms with van der Waals surface area (Å²) in [6.45, 7) is 9.15. The number of sulfonamides is 1. The molecule has 0 saturated carbocycles. The molecule has 0 aliphatic heterocycles. The second-order valence-electron chi connectivity index (χ2n) is 8.20. The van der Waals surface area contributed by atoms with Crippen LogP contribution < -0.4 is 9.46 Å². The summed E-state index contributed by atoms with van der Waals surface area (Å²) in [5.74, 6) is 0.746. The molecule has 1 aliphatic carbocycles. The van der Waals surface area contributed by atoms with Crippen molar-refractivity contribution < 1.29 is 13.2 Å². The molecule has 160 valence electrons. The molecule has 1 aliphatic rings. The lowest BCUT2D eigenvalue weighted by Crippen LogP contribution is -2.16. The van der Waals surface area contributed by atoms with E-state index in [9.17, 15) is 8.42 Å². The number of hydrogen-bond donors (Lipinski definition) is 1. The summed E-state index contributed by atoms with van der Waals surface area (Å²) in [5.41, 5.74) is 6.07. The monoisotopic (exact) mass is 428 g/mol. The molecule has 3 aromatic rings. The van der Waals surface area contributed by atoms with Crippen molar-refractivity contribution in [1.82, 2.24) is 14.5 Å². The molecule has 2 atom stereocenters. The molecule has 1 aromatic carbocycles. The van der Waals surface area contributed by atoms with Crippen molar-refractivity contribution in [2.45, 2.75) is 53.2 Å². The van der Waals surface area contributed by atoms with E-state index in [-0.39, 0.29) is 18.0 Å². The predicted octanol–water partition coefficient (Wildman–Crippen LogP) is 4.14. The summed E-state index contributed by atoms with van der Waals surface area (Å²) in [6.07, 6.45) is 2.85. The fourth-order valence-electron chi connectivity index (χ4n) is 4.34. The van der Waals surface area contributed by atoms with Gasteiger partial charge in [0.05, 0.1) is 6.26 Å². The molecule has 0 radical (unpaired) electrons. The molecule has 1 N–H and O–H groups in total. The Bertz CT molecular complexity index is 1220. The highest BCUT2D eigenvalue weighted by Crippen LogP contribution is 2.41. The molecule has 0 saturated heterocycles. The van der Waals surface area contributed by atoms with Crippen molar-refractivity contribution in [2.24, 2.45) is 5.92 Å². The minimum Gasteiger partial charge on any atom is -0.468 e. The third-order valence-corrected chi connectivity index (χ3v) is 6.36. The molecule has 8 heteroatoms. The molecule has 30 heavy (non-hydrogen) atoms. The van der Waals surface area contributed by atoms with Crippen LogP contribution in [0.15, 0.2) is 24.3 Å². The highest BCUT2D eigenvalue weighted by atomic mass is 32.2. The van der Waals surface area contributed by atoms with Crippen molar-refractivity contribution in [3.8, 4) is 5.88 Å². The van der Waals surface area contributed by atoms with Crippen LogP contribution in [0.2, 0.25) is 0 Å². The van der Waals surface area contributed by atoms with Gasteiger partial charge in [0.25, 0.3) is 0 Å². The number of aromatic nitrogens is 3. The first-order chi connectivity index (χ1) is 14.2. The van der Waals surface area contributed by atoms with Crippen LogP contribution >= 0.6 is 0 Å². The fourth-order valence-corrected chi connectivity index (χ4v) is 4.76. The molecule has 4 rings (SSSR count). The van der Waals surface area contributed by atoms with Crippen molar-refractivity contribution in [3.63, 3.8) is 0 Å². The number of nitrogens with one attached hydrogen (secondary N) is 1. The van der Waals surface area contributed by atoms with Gasteiger partial charge in [-0.05, 0) is 43.4 Å². The van der Waals surface area contributed by atoms with E-state index in [1.165, 1.54) is 5.56 Å². The molecule has 0 spiro atoms. The predicted molar refractivity (Wildman–Crippen MR) is 118 cm³/mol. The summed E-state index contributed by atoms with van der Waals surface area (Å²) >= 11 is 0. The van der Waals surface area contributed by atoms with Crippen LogP contribution in [0.3, 0.4) is 0 Å². The highest BCUT2D eigenvalue weighted by Gasteiger charge is 2.32. The van der Waals surface area contributed by atoms with E-state index in [0.29, 0.717) is 5.88 Å². The molecule has 0 bridgehead atoms. The number of anilines is 1.